The lowest BCUT2D eigenvalue weighted by Crippen LogP contribution is -2.40. The van der Waals surface area contributed by atoms with Gasteiger partial charge in [-0.3, -0.25) is 9.36 Å². The Hall–Kier alpha value is -4.43. The smallest absolute Gasteiger partial charge is 0.338 e. The normalized spacial score (nSPS) is 14.9. The molecular weight excluding hydrogens is 548 g/mol. The van der Waals surface area contributed by atoms with Crippen LogP contribution in [0.4, 0.5) is 0 Å². The summed E-state index contributed by atoms with van der Waals surface area (Å²) in [5.41, 5.74) is 4.02. The molecule has 0 N–H and O–H groups in total. The van der Waals surface area contributed by atoms with Gasteiger partial charge in [0, 0.05) is 11.1 Å². The van der Waals surface area contributed by atoms with Crippen LogP contribution in [0.1, 0.15) is 61.9 Å². The van der Waals surface area contributed by atoms with Crippen LogP contribution < -0.4 is 24.4 Å². The Morgan fingerprint density at radius 3 is 2.38 bits per heavy atom. The summed E-state index contributed by atoms with van der Waals surface area (Å²) in [4.78, 5) is 33.3. The van der Waals surface area contributed by atoms with E-state index in [-0.39, 0.29) is 12.2 Å². The highest BCUT2D eigenvalue weighted by Crippen LogP contribution is 2.36. The molecule has 42 heavy (non-hydrogen) atoms. The van der Waals surface area contributed by atoms with E-state index in [1.54, 1.807) is 24.7 Å². The lowest BCUT2D eigenvalue weighted by molar-refractivity contribution is -0.138. The van der Waals surface area contributed by atoms with E-state index >= 15 is 0 Å². The molecule has 0 unspecified atom stereocenters. The van der Waals surface area contributed by atoms with Crippen molar-refractivity contribution in [2.45, 2.75) is 39.7 Å². The number of hydrogen-bond donors (Lipinski definition) is 0. The third-order valence-corrected chi connectivity index (χ3v) is 8.08. The summed E-state index contributed by atoms with van der Waals surface area (Å²) in [6.45, 7) is 8.57. The molecule has 4 aromatic rings. The summed E-state index contributed by atoms with van der Waals surface area (Å²) in [7, 11) is 1.59. The first-order chi connectivity index (χ1) is 20.4. The fraction of sp³-hybridized carbons (Fsp3) is 0.265. The molecule has 5 rings (SSSR count). The molecule has 0 fully saturated rings. The van der Waals surface area contributed by atoms with E-state index in [0.29, 0.717) is 50.2 Å². The summed E-state index contributed by atoms with van der Waals surface area (Å²) in [5, 5.41) is 0. The molecule has 0 amide bonds. The minimum Gasteiger partial charge on any atom is -0.493 e. The Morgan fingerprint density at radius 2 is 1.74 bits per heavy atom. The van der Waals surface area contributed by atoms with Crippen molar-refractivity contribution in [3.8, 4) is 11.5 Å². The molecule has 216 valence electrons. The van der Waals surface area contributed by atoms with E-state index < -0.39 is 12.0 Å². The number of aromatic nitrogens is 1. The average Bonchev–Trinajstić information content (AvgIpc) is 3.32. The summed E-state index contributed by atoms with van der Waals surface area (Å²) >= 11 is 1.27. The van der Waals surface area contributed by atoms with Gasteiger partial charge in [0.15, 0.2) is 16.3 Å². The van der Waals surface area contributed by atoms with Crippen LogP contribution in [-0.4, -0.2) is 30.9 Å². The van der Waals surface area contributed by atoms with E-state index in [2.05, 4.69) is 13.8 Å². The van der Waals surface area contributed by atoms with E-state index in [0.717, 1.165) is 16.7 Å². The van der Waals surface area contributed by atoms with Crippen LogP contribution in [-0.2, 0) is 9.53 Å². The van der Waals surface area contributed by atoms with Gasteiger partial charge in [0.25, 0.3) is 5.56 Å². The van der Waals surface area contributed by atoms with Gasteiger partial charge in [-0.25, -0.2) is 9.79 Å². The van der Waals surface area contributed by atoms with Crippen molar-refractivity contribution in [2.24, 2.45) is 4.99 Å². The first kappa shape index (κ1) is 29.1. The Kier molecular flexibility index (Phi) is 8.73. The molecule has 1 aromatic heterocycles. The third-order valence-electron chi connectivity index (χ3n) is 7.10. The van der Waals surface area contributed by atoms with Gasteiger partial charge in [0.2, 0.25) is 0 Å². The largest absolute Gasteiger partial charge is 0.493 e. The van der Waals surface area contributed by atoms with E-state index in [4.69, 9.17) is 19.2 Å². The first-order valence-corrected chi connectivity index (χ1v) is 14.9. The van der Waals surface area contributed by atoms with Gasteiger partial charge in [-0.2, -0.15) is 0 Å². The maximum Gasteiger partial charge on any atom is 0.338 e. The van der Waals surface area contributed by atoms with Gasteiger partial charge in [0.05, 0.1) is 42.2 Å². The highest BCUT2D eigenvalue weighted by atomic mass is 32.1. The number of para-hydroxylation sites is 1. The molecule has 0 saturated carbocycles. The molecule has 0 spiro atoms. The minimum absolute atomic E-state index is 0.198. The number of ether oxygens (including phenoxy) is 3. The maximum atomic E-state index is 14.2. The van der Waals surface area contributed by atoms with E-state index in [1.807, 2.05) is 79.7 Å². The number of thiazole rings is 1. The second kappa shape index (κ2) is 12.6. The number of rotatable bonds is 9. The molecule has 0 bridgehead atoms. The lowest BCUT2D eigenvalue weighted by Gasteiger charge is -2.26. The second-order valence-corrected chi connectivity index (χ2v) is 11.1. The monoisotopic (exact) mass is 582 g/mol. The SMILES string of the molecule is CCOC(=O)C1=C(c2ccccc2)N=c2s/c(=C\c3cccc(OC)c3OCC)c(=O)n2[C@H]1c1ccc(C(C)C)cc1. The van der Waals surface area contributed by atoms with Crippen LogP contribution in [0, 0.1) is 0 Å². The van der Waals surface area contributed by atoms with Crippen molar-refractivity contribution in [3.63, 3.8) is 0 Å². The zero-order valence-corrected chi connectivity index (χ0v) is 25.2. The van der Waals surface area contributed by atoms with Crippen LogP contribution in [0.15, 0.2) is 88.2 Å². The molecule has 3 aromatic carbocycles. The van der Waals surface area contributed by atoms with Gasteiger partial charge < -0.3 is 14.2 Å². The third kappa shape index (κ3) is 5.54. The van der Waals surface area contributed by atoms with Crippen molar-refractivity contribution >= 4 is 29.1 Å². The number of nitrogens with zero attached hydrogens (tertiary/aromatic N) is 2. The van der Waals surface area contributed by atoms with Crippen molar-refractivity contribution in [2.75, 3.05) is 20.3 Å². The lowest BCUT2D eigenvalue weighted by atomic mass is 9.91. The fourth-order valence-corrected chi connectivity index (χ4v) is 6.06. The number of carbonyl (C=O) groups excluding carboxylic acids is 1. The standard InChI is InChI=1S/C34H34N2O5S/c1-6-40-31-25(14-11-15-26(31)39-5)20-27-32(37)36-30(24-18-16-22(17-19-24)21(3)4)28(33(38)41-7-2)29(35-34(36)42-27)23-12-9-8-10-13-23/h8-21,30H,6-7H2,1-5H3/b27-20-/t30-/m0/s1. The Balaban J connectivity index is 1.81. The van der Waals surface area contributed by atoms with Gasteiger partial charge in [-0.1, -0.05) is 91.9 Å². The number of benzene rings is 3. The van der Waals surface area contributed by atoms with Crippen LogP contribution in [0.25, 0.3) is 11.8 Å². The zero-order chi connectivity index (χ0) is 29.8. The predicted molar refractivity (Wildman–Crippen MR) is 166 cm³/mol. The molecule has 8 heteroatoms. The van der Waals surface area contributed by atoms with Crippen molar-refractivity contribution < 1.29 is 19.0 Å². The number of fused-ring (bicyclic) bond motifs is 1. The molecule has 1 aliphatic heterocycles. The molecule has 0 aliphatic carbocycles. The molecule has 2 heterocycles. The Bertz CT molecular complexity index is 1800. The molecule has 1 atom stereocenters. The number of esters is 1. The molecular formula is C34H34N2O5S. The summed E-state index contributed by atoms with van der Waals surface area (Å²) in [6.07, 6.45) is 1.80. The molecule has 0 radical (unpaired) electrons. The number of carbonyl (C=O) groups is 1. The molecule has 0 saturated heterocycles. The van der Waals surface area contributed by atoms with Crippen molar-refractivity contribution in [3.05, 3.63) is 120 Å². The Morgan fingerprint density at radius 1 is 1.00 bits per heavy atom. The summed E-state index contributed by atoms with van der Waals surface area (Å²) in [5.74, 6) is 0.978. The number of methoxy groups -OCH3 is 1. The summed E-state index contributed by atoms with van der Waals surface area (Å²) < 4.78 is 19.0. The fourth-order valence-electron chi connectivity index (χ4n) is 5.07. The van der Waals surface area contributed by atoms with Crippen LogP contribution >= 0.6 is 11.3 Å². The van der Waals surface area contributed by atoms with Gasteiger partial charge in [-0.05, 0) is 43.0 Å². The van der Waals surface area contributed by atoms with Crippen molar-refractivity contribution in [1.29, 1.82) is 0 Å². The first-order valence-electron chi connectivity index (χ1n) is 14.1. The van der Waals surface area contributed by atoms with Gasteiger partial charge >= 0.3 is 5.97 Å². The van der Waals surface area contributed by atoms with Crippen LogP contribution in [0.5, 0.6) is 11.5 Å². The highest BCUT2D eigenvalue weighted by molar-refractivity contribution is 7.07. The number of hydrogen-bond acceptors (Lipinski definition) is 7. The maximum absolute atomic E-state index is 14.2. The highest BCUT2D eigenvalue weighted by Gasteiger charge is 2.35. The summed E-state index contributed by atoms with van der Waals surface area (Å²) in [6, 6.07) is 22.4. The average molecular weight is 583 g/mol. The van der Waals surface area contributed by atoms with E-state index in [1.165, 1.54) is 11.3 Å². The second-order valence-electron chi connectivity index (χ2n) is 10.1. The minimum atomic E-state index is -0.726. The molecule has 1 aliphatic rings. The van der Waals surface area contributed by atoms with Crippen LogP contribution in [0.3, 0.4) is 0 Å². The van der Waals surface area contributed by atoms with Crippen molar-refractivity contribution in [1.82, 2.24) is 4.57 Å². The van der Waals surface area contributed by atoms with Gasteiger partial charge in [-0.15, -0.1) is 0 Å². The molecule has 7 nitrogen and oxygen atoms in total. The Labute approximate surface area is 249 Å². The van der Waals surface area contributed by atoms with E-state index in [9.17, 15) is 9.59 Å². The zero-order valence-electron chi connectivity index (χ0n) is 24.4. The quantitative estimate of drug-likeness (QED) is 0.245. The van der Waals surface area contributed by atoms with Crippen LogP contribution in [0.2, 0.25) is 0 Å². The van der Waals surface area contributed by atoms with Gasteiger partial charge in [0.1, 0.15) is 0 Å². The predicted octanol–water partition coefficient (Wildman–Crippen LogP) is 5.47. The topological polar surface area (TPSA) is 79.1 Å².